The predicted molar refractivity (Wildman–Crippen MR) is 129 cm³/mol. The molecular weight excluding hydrogens is 454 g/mol. The van der Waals surface area contributed by atoms with Crippen molar-refractivity contribution in [2.45, 2.75) is 31.6 Å². The average molecular weight is 478 g/mol. The fraction of sp³-hybridized carbons (Fsp3) is 0.269. The van der Waals surface area contributed by atoms with E-state index in [0.29, 0.717) is 40.5 Å². The number of esters is 1. The highest BCUT2D eigenvalue weighted by atomic mass is 35.5. The molecular formula is C26H24ClN3O4. The number of nitrogens with zero attached hydrogens (tertiary/aromatic N) is 2. The second-order valence-corrected chi connectivity index (χ2v) is 8.96. The summed E-state index contributed by atoms with van der Waals surface area (Å²) in [5.74, 6) is -1.24. The van der Waals surface area contributed by atoms with Crippen molar-refractivity contribution >= 4 is 40.6 Å². The van der Waals surface area contributed by atoms with Crippen molar-refractivity contribution in [3.8, 4) is 0 Å². The number of likely N-dealkylation sites (N-methyl/N-ethyl adjacent to an activating group) is 1. The van der Waals surface area contributed by atoms with Crippen LogP contribution in [-0.2, 0) is 24.5 Å². The number of nitrogens with two attached hydrogens (primary N) is 1. The molecule has 2 N–H and O–H groups in total. The summed E-state index contributed by atoms with van der Waals surface area (Å²) in [4.78, 5) is 44.4. The van der Waals surface area contributed by atoms with Gasteiger partial charge in [0, 0.05) is 46.7 Å². The lowest BCUT2D eigenvalue weighted by Gasteiger charge is -2.44. The zero-order chi connectivity index (χ0) is 24.2. The summed E-state index contributed by atoms with van der Waals surface area (Å²) in [6.07, 6.45) is 1.41. The number of rotatable bonds is 3. The van der Waals surface area contributed by atoms with E-state index in [4.69, 9.17) is 22.1 Å². The minimum Gasteiger partial charge on any atom is -0.462 e. The Labute approximate surface area is 202 Å². The van der Waals surface area contributed by atoms with E-state index in [1.54, 1.807) is 61.3 Å². The van der Waals surface area contributed by atoms with Crippen molar-refractivity contribution in [2.24, 2.45) is 5.73 Å². The number of para-hydroxylation sites is 1. The van der Waals surface area contributed by atoms with E-state index in [2.05, 4.69) is 0 Å². The molecule has 0 radical (unpaired) electrons. The number of fused-ring (bicyclic) bond motifs is 3. The van der Waals surface area contributed by atoms with Gasteiger partial charge in [-0.1, -0.05) is 35.9 Å². The number of benzene rings is 2. The Balaban J connectivity index is 1.92. The third-order valence-corrected chi connectivity index (χ3v) is 6.98. The summed E-state index contributed by atoms with van der Waals surface area (Å²) in [6.45, 7) is 1.78. The van der Waals surface area contributed by atoms with E-state index < -0.39 is 17.3 Å². The van der Waals surface area contributed by atoms with Gasteiger partial charge in [0.15, 0.2) is 5.78 Å². The van der Waals surface area contributed by atoms with Crippen LogP contribution in [0.5, 0.6) is 0 Å². The van der Waals surface area contributed by atoms with E-state index in [1.807, 2.05) is 6.07 Å². The van der Waals surface area contributed by atoms with Crippen LogP contribution in [-0.4, -0.2) is 31.3 Å². The first-order chi connectivity index (χ1) is 16.3. The molecule has 34 heavy (non-hydrogen) atoms. The molecule has 2 aromatic carbocycles. The van der Waals surface area contributed by atoms with E-state index in [-0.39, 0.29) is 35.8 Å². The Morgan fingerprint density at radius 1 is 1.15 bits per heavy atom. The van der Waals surface area contributed by atoms with Crippen LogP contribution in [0.15, 0.2) is 71.2 Å². The number of anilines is 2. The van der Waals surface area contributed by atoms with Crippen molar-refractivity contribution in [3.63, 3.8) is 0 Å². The quantitative estimate of drug-likeness (QED) is 0.676. The zero-order valence-electron chi connectivity index (χ0n) is 18.9. The highest BCUT2D eigenvalue weighted by Gasteiger charge is 2.63. The van der Waals surface area contributed by atoms with Crippen molar-refractivity contribution < 1.29 is 19.1 Å². The van der Waals surface area contributed by atoms with Crippen LogP contribution in [0.4, 0.5) is 11.4 Å². The fourth-order valence-corrected chi connectivity index (χ4v) is 5.65. The van der Waals surface area contributed by atoms with Crippen molar-refractivity contribution in [1.82, 2.24) is 0 Å². The number of hydrogen-bond donors (Lipinski definition) is 1. The summed E-state index contributed by atoms with van der Waals surface area (Å²) >= 11 is 6.28. The molecule has 2 aliphatic heterocycles. The number of carbonyl (C=O) groups is 3. The topological polar surface area (TPSA) is 92.9 Å². The summed E-state index contributed by atoms with van der Waals surface area (Å²) in [7, 11) is 1.64. The van der Waals surface area contributed by atoms with Gasteiger partial charge in [0.1, 0.15) is 16.8 Å². The maximum atomic E-state index is 14.1. The van der Waals surface area contributed by atoms with Gasteiger partial charge in [0.2, 0.25) is 5.91 Å². The van der Waals surface area contributed by atoms with E-state index >= 15 is 0 Å². The molecule has 1 aliphatic carbocycles. The summed E-state index contributed by atoms with van der Waals surface area (Å²) in [5, 5.41) is 0.481. The predicted octanol–water partition coefficient (Wildman–Crippen LogP) is 3.81. The summed E-state index contributed by atoms with van der Waals surface area (Å²) < 4.78 is 5.43. The van der Waals surface area contributed by atoms with Crippen LogP contribution in [0.25, 0.3) is 0 Å². The molecule has 1 atom stereocenters. The number of hydrogen-bond acceptors (Lipinski definition) is 6. The zero-order valence-corrected chi connectivity index (χ0v) is 19.7. The van der Waals surface area contributed by atoms with Crippen LogP contribution in [0, 0.1) is 0 Å². The Kier molecular flexibility index (Phi) is 5.24. The number of carbonyl (C=O) groups excluding carboxylic acids is 3. The van der Waals surface area contributed by atoms with Gasteiger partial charge in [-0.15, -0.1) is 0 Å². The van der Waals surface area contributed by atoms with Crippen LogP contribution in [0.3, 0.4) is 0 Å². The molecule has 1 spiro atoms. The lowest BCUT2D eigenvalue weighted by molar-refractivity contribution is -0.140. The molecule has 0 bridgehead atoms. The molecule has 0 aromatic heterocycles. The van der Waals surface area contributed by atoms with Crippen LogP contribution in [0.1, 0.15) is 31.7 Å². The lowest BCUT2D eigenvalue weighted by Crippen LogP contribution is -2.54. The van der Waals surface area contributed by atoms with E-state index in [1.165, 1.54) is 4.90 Å². The van der Waals surface area contributed by atoms with Crippen molar-refractivity contribution in [2.75, 3.05) is 23.5 Å². The Hall–Kier alpha value is -3.58. The molecule has 5 rings (SSSR count). The Morgan fingerprint density at radius 3 is 2.65 bits per heavy atom. The van der Waals surface area contributed by atoms with E-state index in [0.717, 1.165) is 0 Å². The molecule has 1 amide bonds. The first-order valence-electron chi connectivity index (χ1n) is 11.2. The number of halogens is 1. The molecule has 7 nitrogen and oxygen atoms in total. The highest BCUT2D eigenvalue weighted by molar-refractivity contribution is 6.31. The maximum Gasteiger partial charge on any atom is 0.339 e. The second-order valence-electron chi connectivity index (χ2n) is 8.53. The highest BCUT2D eigenvalue weighted by Crippen LogP contribution is 2.56. The summed E-state index contributed by atoms with van der Waals surface area (Å²) in [5.41, 5.74) is 7.75. The third kappa shape index (κ3) is 2.86. The van der Waals surface area contributed by atoms with Crippen LogP contribution >= 0.6 is 11.6 Å². The molecule has 1 unspecified atom stereocenters. The second kappa shape index (κ2) is 8.02. The number of ketones is 1. The minimum absolute atomic E-state index is 0.0369. The van der Waals surface area contributed by atoms with Gasteiger partial charge in [0.05, 0.1) is 6.61 Å². The molecule has 8 heteroatoms. The average Bonchev–Trinajstić information content (AvgIpc) is 3.02. The largest absolute Gasteiger partial charge is 0.462 e. The number of allylic oxidation sites excluding steroid dienone is 1. The number of amides is 1. The monoisotopic (exact) mass is 477 g/mol. The Morgan fingerprint density at radius 2 is 1.91 bits per heavy atom. The van der Waals surface area contributed by atoms with Crippen molar-refractivity contribution in [1.29, 1.82) is 0 Å². The lowest BCUT2D eigenvalue weighted by atomic mass is 9.63. The van der Waals surface area contributed by atoms with Crippen LogP contribution < -0.4 is 15.5 Å². The smallest absolute Gasteiger partial charge is 0.339 e. The first kappa shape index (κ1) is 22.2. The molecule has 174 valence electrons. The fourth-order valence-electron chi connectivity index (χ4n) is 5.46. The standard InChI is InChI=1S/C26H24ClN3O4/c1-3-34-24(32)22-23(28)30(16-9-6-8-15(27)14-16)19-12-7-13-20(31)21(19)26(22)17-10-4-5-11-18(17)29(2)25(26)33/h4-6,8-11,14H,3,7,12-13,28H2,1-2H3. The van der Waals surface area contributed by atoms with Gasteiger partial charge < -0.3 is 15.4 Å². The molecule has 2 heterocycles. The molecule has 0 saturated heterocycles. The maximum absolute atomic E-state index is 14.1. The van der Waals surface area contributed by atoms with Gasteiger partial charge in [-0.05, 0) is 44.0 Å². The first-order valence-corrected chi connectivity index (χ1v) is 11.6. The van der Waals surface area contributed by atoms with Gasteiger partial charge in [-0.3, -0.25) is 14.5 Å². The van der Waals surface area contributed by atoms with E-state index in [9.17, 15) is 14.4 Å². The summed E-state index contributed by atoms with van der Waals surface area (Å²) in [6, 6.07) is 14.2. The minimum atomic E-state index is -1.66. The Bertz CT molecular complexity index is 1310. The van der Waals surface area contributed by atoms with Gasteiger partial charge in [-0.2, -0.15) is 0 Å². The van der Waals surface area contributed by atoms with Crippen molar-refractivity contribution in [3.05, 3.63) is 81.8 Å². The normalized spacial score (nSPS) is 21.9. The molecule has 2 aromatic rings. The SMILES string of the molecule is CCOC(=O)C1=C(N)N(c2cccc(Cl)c2)C2=C(C(=O)CCC2)C12C(=O)N(C)c1ccccc12. The number of Topliss-reactive ketones (excluding diaryl/α,β-unsaturated/α-hetero) is 1. The van der Waals surface area contributed by atoms with Gasteiger partial charge in [-0.25, -0.2) is 4.79 Å². The van der Waals surface area contributed by atoms with Gasteiger partial charge >= 0.3 is 5.97 Å². The molecule has 0 fully saturated rings. The third-order valence-electron chi connectivity index (χ3n) is 6.74. The van der Waals surface area contributed by atoms with Crippen LogP contribution in [0.2, 0.25) is 5.02 Å². The molecule has 3 aliphatic rings. The molecule has 0 saturated carbocycles. The van der Waals surface area contributed by atoms with Gasteiger partial charge in [0.25, 0.3) is 0 Å². The number of ether oxygens (including phenoxy) is 1.